The van der Waals surface area contributed by atoms with Gasteiger partial charge in [-0.3, -0.25) is 10.1 Å². The lowest BCUT2D eigenvalue weighted by Crippen LogP contribution is -2.47. The Morgan fingerprint density at radius 2 is 2.06 bits per heavy atom. The summed E-state index contributed by atoms with van der Waals surface area (Å²) in [6, 6.07) is 5.00. The fraction of sp³-hybridized carbons (Fsp3) is 0.458. The number of carbonyl (C=O) groups is 1. The second-order valence-corrected chi connectivity index (χ2v) is 9.68. The third kappa shape index (κ3) is 5.28. The molecule has 1 fully saturated rings. The standard InChI is InChI=1S/C24H30N6O5/c1-15-9-19(27-17-7-6-8-28(13-17)23(31)35-24(2,3)4)20(30(32)33)11-18(15)16-10-21(34-5)22-25-14-26-29(22)12-16/h9-12,14,17,27H,6-8,13H2,1-5H3/t17-/m1/s1. The number of nitrogens with zero attached hydrogens (tertiary/aromatic N) is 5. The maximum absolute atomic E-state index is 12.5. The van der Waals surface area contributed by atoms with Crippen molar-refractivity contribution < 1.29 is 19.2 Å². The van der Waals surface area contributed by atoms with Crippen molar-refractivity contribution in [2.75, 3.05) is 25.5 Å². The molecule has 1 saturated heterocycles. The van der Waals surface area contributed by atoms with Crippen molar-refractivity contribution in [3.8, 4) is 16.9 Å². The number of nitro groups is 1. The number of amides is 1. The summed E-state index contributed by atoms with van der Waals surface area (Å²) >= 11 is 0. The summed E-state index contributed by atoms with van der Waals surface area (Å²) in [5.41, 5.74) is 2.62. The number of carbonyl (C=O) groups excluding carboxylic acids is 1. The Morgan fingerprint density at radius 3 is 2.74 bits per heavy atom. The number of ether oxygens (including phenoxy) is 2. The number of aryl methyl sites for hydroxylation is 1. The van der Waals surface area contributed by atoms with Crippen LogP contribution in [0.5, 0.6) is 5.75 Å². The van der Waals surface area contributed by atoms with E-state index in [4.69, 9.17) is 9.47 Å². The van der Waals surface area contributed by atoms with E-state index in [0.717, 1.165) is 24.0 Å². The number of piperidine rings is 1. The van der Waals surface area contributed by atoms with Gasteiger partial charge in [-0.25, -0.2) is 14.3 Å². The minimum atomic E-state index is -0.582. The topological polar surface area (TPSA) is 124 Å². The molecule has 0 bridgehead atoms. The van der Waals surface area contributed by atoms with Crippen LogP contribution >= 0.6 is 0 Å². The molecule has 1 N–H and O–H groups in total. The molecule has 2 aromatic heterocycles. The quantitative estimate of drug-likeness (QED) is 0.418. The SMILES string of the molecule is COc1cc(-c2cc([N+](=O)[O-])c(N[C@@H]3CCCN(C(=O)OC(C)(C)C)C3)cc2C)cn2ncnc12. The lowest BCUT2D eigenvalue weighted by molar-refractivity contribution is -0.383. The highest BCUT2D eigenvalue weighted by atomic mass is 16.6. The summed E-state index contributed by atoms with van der Waals surface area (Å²) < 4.78 is 12.5. The molecule has 0 aliphatic carbocycles. The van der Waals surface area contributed by atoms with Gasteiger partial charge < -0.3 is 19.7 Å². The Morgan fingerprint density at radius 1 is 1.29 bits per heavy atom. The summed E-state index contributed by atoms with van der Waals surface area (Å²) in [7, 11) is 1.54. The summed E-state index contributed by atoms with van der Waals surface area (Å²) in [5, 5.41) is 19.5. The van der Waals surface area contributed by atoms with Crippen molar-refractivity contribution in [2.24, 2.45) is 0 Å². The molecule has 1 aliphatic rings. The maximum atomic E-state index is 12.5. The molecule has 35 heavy (non-hydrogen) atoms. The largest absolute Gasteiger partial charge is 0.493 e. The van der Waals surface area contributed by atoms with Crippen LogP contribution in [-0.4, -0.2) is 62.4 Å². The molecule has 3 aromatic rings. The molecule has 11 heteroatoms. The lowest BCUT2D eigenvalue weighted by atomic mass is 9.99. The van der Waals surface area contributed by atoms with Crippen molar-refractivity contribution in [1.29, 1.82) is 0 Å². The Bertz CT molecular complexity index is 1270. The predicted molar refractivity (Wildman–Crippen MR) is 131 cm³/mol. The number of likely N-dealkylation sites (tertiary alicyclic amines) is 1. The number of fused-ring (bicyclic) bond motifs is 1. The molecule has 4 rings (SSSR count). The number of hydrogen-bond donors (Lipinski definition) is 1. The van der Waals surface area contributed by atoms with Gasteiger partial charge in [-0.1, -0.05) is 0 Å². The first-order valence-corrected chi connectivity index (χ1v) is 11.5. The highest BCUT2D eigenvalue weighted by molar-refractivity contribution is 5.78. The maximum Gasteiger partial charge on any atom is 0.410 e. The lowest BCUT2D eigenvalue weighted by Gasteiger charge is -2.34. The van der Waals surface area contributed by atoms with Crippen LogP contribution < -0.4 is 10.1 Å². The van der Waals surface area contributed by atoms with Gasteiger partial charge in [-0.15, -0.1) is 0 Å². The Labute approximate surface area is 203 Å². The molecular weight excluding hydrogens is 452 g/mol. The van der Waals surface area contributed by atoms with E-state index in [1.807, 2.05) is 27.7 Å². The van der Waals surface area contributed by atoms with Crippen LogP contribution in [0.4, 0.5) is 16.2 Å². The average molecular weight is 483 g/mol. The monoisotopic (exact) mass is 482 g/mol. The van der Waals surface area contributed by atoms with Crippen molar-refractivity contribution in [1.82, 2.24) is 19.5 Å². The molecule has 3 heterocycles. The van der Waals surface area contributed by atoms with Crippen LogP contribution in [0.2, 0.25) is 0 Å². The third-order valence-electron chi connectivity index (χ3n) is 5.84. The van der Waals surface area contributed by atoms with Gasteiger partial charge in [0, 0.05) is 37.0 Å². The van der Waals surface area contributed by atoms with Crippen LogP contribution in [0.1, 0.15) is 39.2 Å². The zero-order valence-electron chi connectivity index (χ0n) is 20.6. The molecule has 1 atom stereocenters. The summed E-state index contributed by atoms with van der Waals surface area (Å²) in [6.07, 6.45) is 4.39. The average Bonchev–Trinajstić information content (AvgIpc) is 3.26. The van der Waals surface area contributed by atoms with E-state index in [9.17, 15) is 14.9 Å². The third-order valence-corrected chi connectivity index (χ3v) is 5.84. The number of anilines is 1. The molecule has 1 amide bonds. The Balaban J connectivity index is 1.62. The minimum absolute atomic E-state index is 0.0438. The number of benzene rings is 1. The van der Waals surface area contributed by atoms with Crippen molar-refractivity contribution in [3.63, 3.8) is 0 Å². The molecule has 1 aromatic carbocycles. The molecule has 0 radical (unpaired) electrons. The highest BCUT2D eigenvalue weighted by Gasteiger charge is 2.29. The van der Waals surface area contributed by atoms with Gasteiger partial charge in [0.25, 0.3) is 5.69 Å². The Kier molecular flexibility index (Phi) is 6.51. The van der Waals surface area contributed by atoms with Crippen molar-refractivity contribution in [3.05, 3.63) is 46.4 Å². The molecule has 186 valence electrons. The second kappa shape index (κ2) is 9.40. The van der Waals surface area contributed by atoms with Gasteiger partial charge in [-0.2, -0.15) is 5.10 Å². The highest BCUT2D eigenvalue weighted by Crippen LogP contribution is 2.36. The van der Waals surface area contributed by atoms with E-state index in [0.29, 0.717) is 35.7 Å². The zero-order chi connectivity index (χ0) is 25.3. The number of aromatic nitrogens is 3. The molecule has 0 unspecified atom stereocenters. The first-order chi connectivity index (χ1) is 16.6. The molecular formula is C24H30N6O5. The van der Waals surface area contributed by atoms with Crippen molar-refractivity contribution in [2.45, 2.75) is 52.2 Å². The van der Waals surface area contributed by atoms with Gasteiger partial charge in [0.15, 0.2) is 11.4 Å². The molecule has 11 nitrogen and oxygen atoms in total. The van der Waals surface area contributed by atoms with Crippen LogP contribution in [0.25, 0.3) is 16.8 Å². The first-order valence-electron chi connectivity index (χ1n) is 11.5. The summed E-state index contributed by atoms with van der Waals surface area (Å²) in [6.45, 7) is 8.39. The summed E-state index contributed by atoms with van der Waals surface area (Å²) in [4.78, 5) is 30.0. The van der Waals surface area contributed by atoms with E-state index in [1.54, 1.807) is 40.9 Å². The van der Waals surface area contributed by atoms with E-state index in [-0.39, 0.29) is 17.8 Å². The Hall–Kier alpha value is -3.89. The molecule has 1 aliphatic heterocycles. The zero-order valence-corrected chi connectivity index (χ0v) is 20.6. The molecule has 0 spiro atoms. The predicted octanol–water partition coefficient (Wildman–Crippen LogP) is 4.43. The summed E-state index contributed by atoms with van der Waals surface area (Å²) in [5.74, 6) is 0.522. The number of methoxy groups -OCH3 is 1. The van der Waals surface area contributed by atoms with Crippen LogP contribution in [0.15, 0.2) is 30.7 Å². The van der Waals surface area contributed by atoms with Gasteiger partial charge >= 0.3 is 6.09 Å². The van der Waals surface area contributed by atoms with Gasteiger partial charge in [-0.05, 0) is 63.8 Å². The number of rotatable bonds is 5. The van der Waals surface area contributed by atoms with Crippen LogP contribution in [0.3, 0.4) is 0 Å². The second-order valence-electron chi connectivity index (χ2n) is 9.68. The number of hydrogen-bond acceptors (Lipinski definition) is 8. The fourth-order valence-electron chi connectivity index (χ4n) is 4.27. The van der Waals surface area contributed by atoms with Crippen LogP contribution in [0, 0.1) is 17.0 Å². The normalized spacial score (nSPS) is 16.3. The van der Waals surface area contributed by atoms with E-state index >= 15 is 0 Å². The number of nitro benzene ring substituents is 1. The van der Waals surface area contributed by atoms with Gasteiger partial charge in [0.1, 0.15) is 17.6 Å². The van der Waals surface area contributed by atoms with Gasteiger partial charge in [0.05, 0.1) is 12.0 Å². The minimum Gasteiger partial charge on any atom is -0.493 e. The van der Waals surface area contributed by atoms with Gasteiger partial charge in [0.2, 0.25) is 0 Å². The number of pyridine rings is 1. The smallest absolute Gasteiger partial charge is 0.410 e. The van der Waals surface area contributed by atoms with E-state index in [2.05, 4.69) is 15.4 Å². The first kappa shape index (κ1) is 24.2. The van der Waals surface area contributed by atoms with E-state index < -0.39 is 10.5 Å². The molecule has 0 saturated carbocycles. The van der Waals surface area contributed by atoms with Crippen molar-refractivity contribution >= 4 is 23.1 Å². The van der Waals surface area contributed by atoms with E-state index in [1.165, 1.54) is 6.33 Å². The van der Waals surface area contributed by atoms with Crippen LogP contribution in [-0.2, 0) is 4.74 Å². The fourth-order valence-corrected chi connectivity index (χ4v) is 4.27. The number of nitrogens with one attached hydrogen (secondary N) is 1.